The summed E-state index contributed by atoms with van der Waals surface area (Å²) in [6, 6.07) is 12.7. The van der Waals surface area contributed by atoms with Gasteiger partial charge in [-0.3, -0.25) is 19.3 Å². The molecule has 0 aliphatic carbocycles. The number of ether oxygens (including phenoxy) is 3. The molecule has 5 rings (SSSR count). The summed E-state index contributed by atoms with van der Waals surface area (Å²) in [5.74, 6) is -1.76. The van der Waals surface area contributed by atoms with Gasteiger partial charge >= 0.3 is 5.97 Å². The lowest BCUT2D eigenvalue weighted by atomic mass is 10.1. The van der Waals surface area contributed by atoms with Gasteiger partial charge in [-0.25, -0.2) is 8.42 Å². The molecule has 41 heavy (non-hydrogen) atoms. The topological polar surface area (TPSA) is 109 Å². The van der Waals surface area contributed by atoms with Crippen molar-refractivity contribution >= 4 is 27.7 Å². The Labute approximate surface area is 240 Å². The van der Waals surface area contributed by atoms with E-state index >= 15 is 0 Å². The van der Waals surface area contributed by atoms with Gasteiger partial charge in [0.2, 0.25) is 0 Å². The lowest BCUT2D eigenvalue weighted by molar-refractivity contribution is -0.295. The summed E-state index contributed by atoms with van der Waals surface area (Å²) in [5, 5.41) is 0.125. The van der Waals surface area contributed by atoms with Gasteiger partial charge in [0.05, 0.1) is 41.5 Å². The maximum absolute atomic E-state index is 14.1. The average Bonchev–Trinajstić information content (AvgIpc) is 3.62. The second kappa shape index (κ2) is 11.0. The third kappa shape index (κ3) is 6.66. The number of carbonyl (C=O) groups excluding carboxylic acids is 1. The van der Waals surface area contributed by atoms with E-state index < -0.39 is 39.4 Å². The number of rotatable bonds is 7. The second-order valence-corrected chi connectivity index (χ2v) is 13.6. The van der Waals surface area contributed by atoms with Gasteiger partial charge in [0.25, 0.3) is 0 Å². The lowest BCUT2D eigenvalue weighted by Crippen LogP contribution is -2.47. The quantitative estimate of drug-likeness (QED) is 0.424. The number of esters is 1. The van der Waals surface area contributed by atoms with Gasteiger partial charge in [-0.1, -0.05) is 18.2 Å². The number of benzene rings is 1. The fraction of sp³-hybridized carbons (Fsp3) is 0.387. The first-order valence-electron chi connectivity index (χ1n) is 13.6. The first-order valence-corrected chi connectivity index (χ1v) is 15.2. The van der Waals surface area contributed by atoms with Crippen LogP contribution in [0.1, 0.15) is 53.2 Å². The van der Waals surface area contributed by atoms with Crippen molar-refractivity contribution in [1.82, 2.24) is 4.57 Å². The molecule has 1 saturated heterocycles. The number of hydrogen-bond donors (Lipinski definition) is 0. The molecule has 0 spiro atoms. The number of allylic oxidation sites excluding steroid dienone is 4. The molecule has 216 valence electrons. The molecular weight excluding hydrogens is 542 g/mol. The van der Waals surface area contributed by atoms with E-state index in [0.717, 1.165) is 11.3 Å². The van der Waals surface area contributed by atoms with Gasteiger partial charge < -0.3 is 14.2 Å². The van der Waals surface area contributed by atoms with E-state index in [1.165, 1.54) is 0 Å². The van der Waals surface area contributed by atoms with Crippen LogP contribution in [-0.4, -0.2) is 60.2 Å². The number of carbonyl (C=O) groups is 1. The highest BCUT2D eigenvalue weighted by Crippen LogP contribution is 2.33. The number of para-hydroxylation sites is 1. The van der Waals surface area contributed by atoms with Crippen molar-refractivity contribution in [3.05, 3.63) is 83.9 Å². The molecule has 0 amide bonds. The van der Waals surface area contributed by atoms with Crippen molar-refractivity contribution in [3.63, 3.8) is 0 Å². The fourth-order valence-electron chi connectivity index (χ4n) is 5.24. The molecule has 1 aromatic heterocycles. The van der Waals surface area contributed by atoms with Gasteiger partial charge in [-0.2, -0.15) is 0 Å². The van der Waals surface area contributed by atoms with Crippen LogP contribution in [0.25, 0.3) is 5.69 Å². The summed E-state index contributed by atoms with van der Waals surface area (Å²) >= 11 is 0. The van der Waals surface area contributed by atoms with E-state index in [2.05, 4.69) is 9.98 Å². The zero-order valence-electron chi connectivity index (χ0n) is 23.9. The highest BCUT2D eigenvalue weighted by atomic mass is 32.2. The first kappa shape index (κ1) is 28.9. The van der Waals surface area contributed by atoms with Crippen molar-refractivity contribution in [2.24, 2.45) is 9.98 Å². The average molecular weight is 578 g/mol. The fourth-order valence-corrected chi connectivity index (χ4v) is 6.86. The smallest absolute Gasteiger partial charge is 0.308 e. The molecule has 1 aromatic carbocycles. The predicted molar refractivity (Wildman–Crippen MR) is 157 cm³/mol. The first-order chi connectivity index (χ1) is 19.3. The monoisotopic (exact) mass is 577 g/mol. The molecule has 2 aromatic rings. The van der Waals surface area contributed by atoms with Crippen LogP contribution in [0.3, 0.4) is 0 Å². The van der Waals surface area contributed by atoms with Crippen LogP contribution < -0.4 is 0 Å². The Bertz CT molecular complexity index is 1570. The minimum absolute atomic E-state index is 0.00629. The molecule has 0 bridgehead atoms. The Morgan fingerprint density at radius 2 is 1.80 bits per heavy atom. The Morgan fingerprint density at radius 1 is 1.07 bits per heavy atom. The largest absolute Gasteiger partial charge is 0.460 e. The normalized spacial score (nSPS) is 23.7. The van der Waals surface area contributed by atoms with Gasteiger partial charge in [0.1, 0.15) is 10.6 Å². The lowest BCUT2D eigenvalue weighted by Gasteiger charge is -2.40. The molecule has 9 nitrogen and oxygen atoms in total. The molecule has 0 radical (unpaired) electrons. The van der Waals surface area contributed by atoms with E-state index in [4.69, 9.17) is 14.2 Å². The van der Waals surface area contributed by atoms with Crippen molar-refractivity contribution in [2.75, 3.05) is 5.75 Å². The summed E-state index contributed by atoms with van der Waals surface area (Å²) < 4.78 is 47.3. The van der Waals surface area contributed by atoms with Crippen LogP contribution >= 0.6 is 0 Å². The molecule has 0 saturated carbocycles. The molecule has 0 N–H and O–H groups in total. The van der Waals surface area contributed by atoms with Gasteiger partial charge in [-0.05, 0) is 77.1 Å². The number of nitrogens with zero attached hydrogens (tertiary/aromatic N) is 3. The van der Waals surface area contributed by atoms with Gasteiger partial charge in [0.15, 0.2) is 15.6 Å². The zero-order chi connectivity index (χ0) is 29.4. The van der Waals surface area contributed by atoms with Crippen LogP contribution in [0, 0.1) is 0 Å². The minimum atomic E-state index is -3.88. The Hall–Kier alpha value is -3.60. The SMILES string of the molecule is CC(C)(C)OC(=O)CC1CC(CS(=O)(=O)c2ccc(C3=NC=CC3=C3C=CC=N3)n2-c2ccccc2)OC(C)(C)O1. The van der Waals surface area contributed by atoms with Crippen LogP contribution in [-0.2, 0) is 28.8 Å². The third-order valence-corrected chi connectivity index (χ3v) is 8.36. The third-order valence-electron chi connectivity index (χ3n) is 6.60. The van der Waals surface area contributed by atoms with Crippen molar-refractivity contribution in [2.45, 2.75) is 76.1 Å². The number of sulfone groups is 1. The molecule has 4 heterocycles. The summed E-state index contributed by atoms with van der Waals surface area (Å²) in [4.78, 5) is 21.5. The summed E-state index contributed by atoms with van der Waals surface area (Å²) in [5.41, 5.74) is 2.90. The van der Waals surface area contributed by atoms with Crippen LogP contribution in [0.4, 0.5) is 0 Å². The molecule has 3 aliphatic rings. The van der Waals surface area contributed by atoms with Crippen LogP contribution in [0.15, 0.2) is 93.2 Å². The highest BCUT2D eigenvalue weighted by Gasteiger charge is 2.40. The van der Waals surface area contributed by atoms with Crippen molar-refractivity contribution in [3.8, 4) is 5.69 Å². The van der Waals surface area contributed by atoms with E-state index in [-0.39, 0.29) is 23.6 Å². The van der Waals surface area contributed by atoms with E-state index in [9.17, 15) is 13.2 Å². The molecule has 2 atom stereocenters. The Balaban J connectivity index is 1.46. The summed E-state index contributed by atoms with van der Waals surface area (Å²) in [7, 11) is -3.88. The standard InChI is InChI=1S/C31H35N3O6S/c1-30(2,3)40-28(35)19-22-18-23(39-31(4,5)38-22)20-41(36,37)27-14-13-26(34(27)21-10-7-6-8-11-21)29-24(15-17-33-29)25-12-9-16-32-25/h6-17,22-23H,18-20H2,1-5H3. The van der Waals surface area contributed by atoms with E-state index in [0.29, 0.717) is 17.1 Å². The number of aromatic nitrogens is 1. The number of aliphatic imine (C=N–C) groups is 2. The summed E-state index contributed by atoms with van der Waals surface area (Å²) in [6.07, 6.45) is 8.03. The van der Waals surface area contributed by atoms with Gasteiger partial charge in [0, 0.05) is 30.1 Å². The Kier molecular flexibility index (Phi) is 7.76. The van der Waals surface area contributed by atoms with Crippen molar-refractivity contribution < 1.29 is 27.4 Å². The minimum Gasteiger partial charge on any atom is -0.460 e. The Morgan fingerprint density at radius 3 is 2.49 bits per heavy atom. The molecule has 2 unspecified atom stereocenters. The van der Waals surface area contributed by atoms with Crippen molar-refractivity contribution in [1.29, 1.82) is 0 Å². The van der Waals surface area contributed by atoms with Crippen LogP contribution in [0.2, 0.25) is 0 Å². The highest BCUT2D eigenvalue weighted by molar-refractivity contribution is 7.91. The molecule has 3 aliphatic heterocycles. The molecule has 10 heteroatoms. The second-order valence-electron chi connectivity index (χ2n) is 11.6. The molecular formula is C31H35N3O6S. The van der Waals surface area contributed by atoms with E-state index in [1.54, 1.807) is 63.7 Å². The maximum Gasteiger partial charge on any atom is 0.308 e. The van der Waals surface area contributed by atoms with E-state index in [1.807, 2.05) is 48.6 Å². The zero-order valence-corrected chi connectivity index (χ0v) is 24.7. The number of hydrogen-bond acceptors (Lipinski definition) is 8. The summed E-state index contributed by atoms with van der Waals surface area (Å²) in [6.45, 7) is 8.85. The molecule has 1 fully saturated rings. The van der Waals surface area contributed by atoms with Gasteiger partial charge in [-0.15, -0.1) is 0 Å². The van der Waals surface area contributed by atoms with Crippen LogP contribution in [0.5, 0.6) is 0 Å². The maximum atomic E-state index is 14.1. The predicted octanol–water partition coefficient (Wildman–Crippen LogP) is 5.10.